The van der Waals surface area contributed by atoms with E-state index in [1.54, 1.807) is 41.9 Å². The number of allylic oxidation sites excluding steroid dienone is 2. The molecule has 1 fully saturated rings. The summed E-state index contributed by atoms with van der Waals surface area (Å²) in [5, 5.41) is 7.47. The molecule has 3 aromatic rings. The van der Waals surface area contributed by atoms with Crippen molar-refractivity contribution in [1.29, 1.82) is 0 Å². The highest BCUT2D eigenvalue weighted by Crippen LogP contribution is 2.25. The van der Waals surface area contributed by atoms with Crippen LogP contribution in [-0.2, 0) is 0 Å². The number of hydrogen-bond donors (Lipinski definition) is 5. The second-order valence-corrected chi connectivity index (χ2v) is 8.24. The van der Waals surface area contributed by atoms with Crippen molar-refractivity contribution in [2.24, 2.45) is 11.5 Å². The summed E-state index contributed by atoms with van der Waals surface area (Å²) in [5.74, 6) is 0.657. The van der Waals surface area contributed by atoms with Crippen LogP contribution >= 0.6 is 0 Å². The summed E-state index contributed by atoms with van der Waals surface area (Å²) < 4.78 is 38.8. The summed E-state index contributed by atoms with van der Waals surface area (Å²) in [7, 11) is 0. The number of fused-ring (bicyclic) bond motifs is 1. The maximum atomic E-state index is 12.3. The van der Waals surface area contributed by atoms with Gasteiger partial charge in [0.05, 0.1) is 17.7 Å². The zero-order valence-electron chi connectivity index (χ0n) is 19.3. The molecule has 4 rings (SSSR count). The minimum absolute atomic E-state index is 0.347. The van der Waals surface area contributed by atoms with Gasteiger partial charge in [0, 0.05) is 54.9 Å². The van der Waals surface area contributed by atoms with Crippen molar-refractivity contribution in [3.63, 3.8) is 0 Å². The molecule has 12 heteroatoms. The van der Waals surface area contributed by atoms with Crippen molar-refractivity contribution in [3.05, 3.63) is 72.3 Å². The lowest BCUT2D eigenvalue weighted by molar-refractivity contribution is -0.122. The number of nitrogens with zero attached hydrogens (tertiary/aromatic N) is 3. The van der Waals surface area contributed by atoms with E-state index in [2.05, 4.69) is 20.5 Å². The summed E-state index contributed by atoms with van der Waals surface area (Å²) in [5.41, 5.74) is 16.2. The molecular formula is C24H27F3N8O. The minimum Gasteiger partial charge on any atom is -0.398 e. The first-order chi connectivity index (χ1) is 17.2. The highest BCUT2D eigenvalue weighted by Gasteiger charge is 2.27. The van der Waals surface area contributed by atoms with Crippen LogP contribution < -0.4 is 27.4 Å². The average molecular weight is 501 g/mol. The Kier molecular flexibility index (Phi) is 7.34. The Morgan fingerprint density at radius 3 is 2.67 bits per heavy atom. The zero-order valence-corrected chi connectivity index (χ0v) is 19.3. The third kappa shape index (κ3) is 6.27. The van der Waals surface area contributed by atoms with Crippen molar-refractivity contribution < 1.29 is 18.0 Å². The number of piperazine rings is 1. The number of halogens is 3. The van der Waals surface area contributed by atoms with Crippen molar-refractivity contribution in [2.45, 2.75) is 6.18 Å². The van der Waals surface area contributed by atoms with Crippen LogP contribution in [0.3, 0.4) is 0 Å². The molecule has 0 spiro atoms. The van der Waals surface area contributed by atoms with Gasteiger partial charge >= 0.3 is 12.2 Å². The third-order valence-corrected chi connectivity index (χ3v) is 5.63. The first kappa shape index (κ1) is 24.9. The Morgan fingerprint density at radius 2 is 1.92 bits per heavy atom. The topological polar surface area (TPSA) is 126 Å². The van der Waals surface area contributed by atoms with Crippen molar-refractivity contribution >= 4 is 23.1 Å². The van der Waals surface area contributed by atoms with Gasteiger partial charge in [-0.05, 0) is 36.4 Å². The van der Waals surface area contributed by atoms with E-state index in [0.29, 0.717) is 22.9 Å². The molecule has 0 bridgehead atoms. The molecule has 0 radical (unpaired) electrons. The SMILES string of the molecule is N/C(=C\C=C(/N)N1CCNCC1)c1ccn2c(-c3cccc(NC(=O)NCC(F)(F)F)c3)cnc2c1. The van der Waals surface area contributed by atoms with Crippen molar-refractivity contribution in [2.75, 3.05) is 38.0 Å². The predicted octanol–water partition coefficient (Wildman–Crippen LogP) is 2.69. The molecule has 0 saturated carbocycles. The van der Waals surface area contributed by atoms with Crippen LogP contribution in [-0.4, -0.2) is 59.2 Å². The van der Waals surface area contributed by atoms with Gasteiger partial charge in [-0.2, -0.15) is 13.2 Å². The second-order valence-electron chi connectivity index (χ2n) is 8.24. The maximum absolute atomic E-state index is 12.3. The van der Waals surface area contributed by atoms with Gasteiger partial charge in [0.1, 0.15) is 12.2 Å². The largest absolute Gasteiger partial charge is 0.405 e. The van der Waals surface area contributed by atoms with Crippen LogP contribution in [0, 0.1) is 0 Å². The van der Waals surface area contributed by atoms with Crippen LogP contribution in [0.2, 0.25) is 0 Å². The fraction of sp³-hybridized carbons (Fsp3) is 0.250. The maximum Gasteiger partial charge on any atom is 0.405 e. The molecule has 0 unspecified atom stereocenters. The van der Waals surface area contributed by atoms with Crippen LogP contribution in [0.25, 0.3) is 22.6 Å². The van der Waals surface area contributed by atoms with Gasteiger partial charge in [0.25, 0.3) is 0 Å². The van der Waals surface area contributed by atoms with Gasteiger partial charge in [-0.1, -0.05) is 12.1 Å². The molecule has 2 aromatic heterocycles. The summed E-state index contributed by atoms with van der Waals surface area (Å²) in [6, 6.07) is 9.50. The zero-order chi connectivity index (χ0) is 25.7. The first-order valence-corrected chi connectivity index (χ1v) is 11.3. The van der Waals surface area contributed by atoms with Crippen LogP contribution in [0.5, 0.6) is 0 Å². The number of pyridine rings is 1. The smallest absolute Gasteiger partial charge is 0.398 e. The average Bonchev–Trinajstić information content (AvgIpc) is 3.29. The van der Waals surface area contributed by atoms with E-state index < -0.39 is 18.8 Å². The molecular weight excluding hydrogens is 473 g/mol. The normalized spacial score (nSPS) is 15.2. The monoisotopic (exact) mass is 500 g/mol. The van der Waals surface area contributed by atoms with E-state index in [4.69, 9.17) is 11.5 Å². The number of hydrogen-bond acceptors (Lipinski definition) is 6. The van der Waals surface area contributed by atoms with Gasteiger partial charge < -0.3 is 32.3 Å². The van der Waals surface area contributed by atoms with E-state index in [0.717, 1.165) is 43.0 Å². The Hall–Kier alpha value is -4.19. The summed E-state index contributed by atoms with van der Waals surface area (Å²) in [6.45, 7) is 2.04. The standard InChI is InChI=1S/C24H27F3N8O/c25-24(26,27)15-32-23(36)33-18-3-1-2-17(12-18)20-14-31-22-13-16(6-9-35(20)22)19(28)4-5-21(29)34-10-7-30-8-11-34/h1-6,9,12-14,30H,7-8,10-11,15,28-29H2,(H2,32,33,36)/b19-4-,21-5+. The Morgan fingerprint density at radius 1 is 1.14 bits per heavy atom. The summed E-state index contributed by atoms with van der Waals surface area (Å²) in [4.78, 5) is 18.3. The number of nitrogens with two attached hydrogens (primary N) is 2. The molecule has 7 N–H and O–H groups in total. The number of rotatable bonds is 6. The molecule has 1 aromatic carbocycles. The number of alkyl halides is 3. The number of carbonyl (C=O) groups excluding carboxylic acids is 1. The number of carbonyl (C=O) groups is 1. The fourth-order valence-corrected chi connectivity index (χ4v) is 3.79. The van der Waals surface area contributed by atoms with E-state index in [1.807, 2.05) is 28.8 Å². The van der Waals surface area contributed by atoms with Crippen molar-refractivity contribution in [3.8, 4) is 11.3 Å². The number of imidazole rings is 1. The van der Waals surface area contributed by atoms with E-state index in [-0.39, 0.29) is 0 Å². The second kappa shape index (κ2) is 10.6. The Labute approximate surface area is 205 Å². The van der Waals surface area contributed by atoms with Gasteiger partial charge in [-0.25, -0.2) is 9.78 Å². The van der Waals surface area contributed by atoms with Gasteiger partial charge in [-0.15, -0.1) is 0 Å². The lowest BCUT2D eigenvalue weighted by atomic mass is 10.1. The van der Waals surface area contributed by atoms with E-state index in [1.165, 1.54) is 0 Å². The third-order valence-electron chi connectivity index (χ3n) is 5.63. The Bertz CT molecular complexity index is 1290. The molecule has 1 aliphatic rings. The van der Waals surface area contributed by atoms with Crippen LogP contribution in [0.1, 0.15) is 5.56 Å². The molecule has 36 heavy (non-hydrogen) atoms. The predicted molar refractivity (Wildman–Crippen MR) is 133 cm³/mol. The molecule has 3 heterocycles. The number of anilines is 1. The lowest BCUT2D eigenvalue weighted by Crippen LogP contribution is -2.44. The summed E-state index contributed by atoms with van der Waals surface area (Å²) >= 11 is 0. The van der Waals surface area contributed by atoms with Gasteiger partial charge in [-0.3, -0.25) is 4.40 Å². The number of urea groups is 1. The number of nitrogens with one attached hydrogen (secondary N) is 3. The van der Waals surface area contributed by atoms with E-state index >= 15 is 0 Å². The quantitative estimate of drug-likeness (QED) is 0.332. The number of benzene rings is 1. The molecule has 1 saturated heterocycles. The van der Waals surface area contributed by atoms with Gasteiger partial charge in [0.2, 0.25) is 0 Å². The minimum atomic E-state index is -4.49. The Balaban J connectivity index is 1.49. The molecule has 190 valence electrons. The van der Waals surface area contributed by atoms with E-state index in [9.17, 15) is 18.0 Å². The summed E-state index contributed by atoms with van der Waals surface area (Å²) in [6.07, 6.45) is 2.58. The molecule has 1 aliphatic heterocycles. The molecule has 9 nitrogen and oxygen atoms in total. The number of aromatic nitrogens is 2. The number of amides is 2. The van der Waals surface area contributed by atoms with Gasteiger partial charge in [0.15, 0.2) is 0 Å². The van der Waals surface area contributed by atoms with Crippen LogP contribution in [0.15, 0.2) is 66.8 Å². The highest BCUT2D eigenvalue weighted by molar-refractivity contribution is 5.90. The lowest BCUT2D eigenvalue weighted by Gasteiger charge is -2.29. The molecule has 0 aliphatic carbocycles. The fourth-order valence-electron chi connectivity index (χ4n) is 3.79. The first-order valence-electron chi connectivity index (χ1n) is 11.3. The van der Waals surface area contributed by atoms with Crippen LogP contribution in [0.4, 0.5) is 23.7 Å². The van der Waals surface area contributed by atoms with Crippen molar-refractivity contribution in [1.82, 2.24) is 24.9 Å². The highest BCUT2D eigenvalue weighted by atomic mass is 19.4. The molecule has 2 amide bonds. The molecule has 0 atom stereocenters.